The minimum atomic E-state index is 0.210. The summed E-state index contributed by atoms with van der Waals surface area (Å²) in [5.41, 5.74) is 5.41. The lowest BCUT2D eigenvalue weighted by molar-refractivity contribution is 0.741. The lowest BCUT2D eigenvalue weighted by atomic mass is 10.00. The third kappa shape index (κ3) is 4.40. The van der Waals surface area contributed by atoms with Crippen molar-refractivity contribution in [3.8, 4) is 0 Å². The van der Waals surface area contributed by atoms with Crippen molar-refractivity contribution in [1.29, 1.82) is 0 Å². The Hall–Kier alpha value is -1.27. The second-order valence-corrected chi connectivity index (χ2v) is 5.87. The molecule has 1 unspecified atom stereocenters. The van der Waals surface area contributed by atoms with Crippen LogP contribution in [0, 0.1) is 13.8 Å². The molecule has 1 heteroatoms. The molecule has 0 N–H and O–H groups in total. The first-order valence-electron chi connectivity index (χ1n) is 6.89. The Bertz CT molecular complexity index is 513. The highest BCUT2D eigenvalue weighted by atomic mass is 35.5. The van der Waals surface area contributed by atoms with E-state index < -0.39 is 0 Å². The SMILES string of the molecule is Cc1ccc(CC(Cl)CCc2ccccc2C)cc1. The van der Waals surface area contributed by atoms with E-state index in [1.807, 2.05) is 0 Å². The molecule has 2 rings (SSSR count). The van der Waals surface area contributed by atoms with Crippen LogP contribution in [0.5, 0.6) is 0 Å². The van der Waals surface area contributed by atoms with Crippen molar-refractivity contribution in [3.63, 3.8) is 0 Å². The molecule has 0 nitrogen and oxygen atoms in total. The minimum absolute atomic E-state index is 0.210. The molecule has 0 aliphatic carbocycles. The van der Waals surface area contributed by atoms with Gasteiger partial charge in [-0.2, -0.15) is 0 Å². The second kappa shape index (κ2) is 6.77. The molecule has 0 amide bonds. The van der Waals surface area contributed by atoms with E-state index in [4.69, 9.17) is 11.6 Å². The van der Waals surface area contributed by atoms with Gasteiger partial charge in [0.25, 0.3) is 0 Å². The second-order valence-electron chi connectivity index (χ2n) is 5.25. The quantitative estimate of drug-likeness (QED) is 0.666. The van der Waals surface area contributed by atoms with Crippen LogP contribution in [0.2, 0.25) is 0 Å². The molecule has 0 aliphatic rings. The molecule has 100 valence electrons. The monoisotopic (exact) mass is 272 g/mol. The number of alkyl halides is 1. The van der Waals surface area contributed by atoms with Gasteiger partial charge in [-0.15, -0.1) is 11.6 Å². The van der Waals surface area contributed by atoms with Crippen LogP contribution in [0.3, 0.4) is 0 Å². The van der Waals surface area contributed by atoms with E-state index in [-0.39, 0.29) is 5.38 Å². The van der Waals surface area contributed by atoms with Crippen molar-refractivity contribution in [2.75, 3.05) is 0 Å². The number of hydrogen-bond acceptors (Lipinski definition) is 0. The molecule has 0 saturated heterocycles. The zero-order chi connectivity index (χ0) is 13.7. The Labute approximate surface area is 121 Å². The maximum atomic E-state index is 6.46. The normalized spacial score (nSPS) is 12.4. The van der Waals surface area contributed by atoms with Gasteiger partial charge in [-0.25, -0.2) is 0 Å². The van der Waals surface area contributed by atoms with Crippen LogP contribution in [-0.2, 0) is 12.8 Å². The van der Waals surface area contributed by atoms with Gasteiger partial charge >= 0.3 is 0 Å². The number of halogens is 1. The predicted molar refractivity (Wildman–Crippen MR) is 84.0 cm³/mol. The summed E-state index contributed by atoms with van der Waals surface area (Å²) in [6.45, 7) is 4.28. The van der Waals surface area contributed by atoms with Crippen LogP contribution in [-0.4, -0.2) is 5.38 Å². The van der Waals surface area contributed by atoms with Gasteiger partial charge in [-0.1, -0.05) is 54.1 Å². The van der Waals surface area contributed by atoms with E-state index in [0.29, 0.717) is 0 Å². The fraction of sp³-hybridized carbons (Fsp3) is 0.333. The average molecular weight is 273 g/mol. The first kappa shape index (κ1) is 14.1. The fourth-order valence-corrected chi connectivity index (χ4v) is 2.57. The van der Waals surface area contributed by atoms with E-state index in [0.717, 1.165) is 19.3 Å². The summed E-state index contributed by atoms with van der Waals surface area (Å²) in [6.07, 6.45) is 3.04. The lowest BCUT2D eigenvalue weighted by Gasteiger charge is -2.11. The number of benzene rings is 2. The van der Waals surface area contributed by atoms with Gasteiger partial charge in [0.05, 0.1) is 0 Å². The largest absolute Gasteiger partial charge is 0.123 e. The fourth-order valence-electron chi connectivity index (χ4n) is 2.28. The lowest BCUT2D eigenvalue weighted by Crippen LogP contribution is -2.05. The van der Waals surface area contributed by atoms with Gasteiger partial charge in [0.15, 0.2) is 0 Å². The van der Waals surface area contributed by atoms with Gasteiger partial charge in [0.2, 0.25) is 0 Å². The topological polar surface area (TPSA) is 0 Å². The van der Waals surface area contributed by atoms with Gasteiger partial charge in [-0.05, 0) is 49.8 Å². The summed E-state index contributed by atoms with van der Waals surface area (Å²) in [5.74, 6) is 0. The van der Waals surface area contributed by atoms with E-state index in [2.05, 4.69) is 62.4 Å². The molecule has 2 aromatic carbocycles. The van der Waals surface area contributed by atoms with Crippen LogP contribution in [0.15, 0.2) is 48.5 Å². The minimum Gasteiger partial charge on any atom is -0.123 e. The molecule has 0 aliphatic heterocycles. The van der Waals surface area contributed by atoms with Gasteiger partial charge in [0, 0.05) is 5.38 Å². The average Bonchev–Trinajstić information content (AvgIpc) is 2.40. The predicted octanol–water partition coefficient (Wildman–Crippen LogP) is 5.09. The van der Waals surface area contributed by atoms with E-state index in [1.165, 1.54) is 22.3 Å². The standard InChI is InChI=1S/C18H21Cl/c1-14-7-9-16(10-8-14)13-18(19)12-11-17-6-4-3-5-15(17)2/h3-10,18H,11-13H2,1-2H3. The molecule has 0 saturated carbocycles. The molecule has 0 aromatic heterocycles. The van der Waals surface area contributed by atoms with Crippen LogP contribution < -0.4 is 0 Å². The molecule has 2 aromatic rings. The summed E-state index contributed by atoms with van der Waals surface area (Å²) in [6, 6.07) is 17.2. The zero-order valence-corrected chi connectivity index (χ0v) is 12.5. The molecule has 0 bridgehead atoms. The smallest absolute Gasteiger partial charge is 0.0379 e. The van der Waals surface area contributed by atoms with Crippen molar-refractivity contribution in [3.05, 3.63) is 70.8 Å². The molecule has 0 heterocycles. The number of aryl methyl sites for hydroxylation is 3. The first-order valence-corrected chi connectivity index (χ1v) is 7.33. The van der Waals surface area contributed by atoms with E-state index >= 15 is 0 Å². The van der Waals surface area contributed by atoms with Crippen LogP contribution in [0.25, 0.3) is 0 Å². The van der Waals surface area contributed by atoms with Gasteiger partial charge < -0.3 is 0 Å². The Morgan fingerprint density at radius 2 is 1.63 bits per heavy atom. The Kier molecular flexibility index (Phi) is 5.04. The molecular weight excluding hydrogens is 252 g/mol. The molecule has 0 radical (unpaired) electrons. The van der Waals surface area contributed by atoms with Crippen molar-refractivity contribution < 1.29 is 0 Å². The summed E-state index contributed by atoms with van der Waals surface area (Å²) < 4.78 is 0. The number of hydrogen-bond donors (Lipinski definition) is 0. The van der Waals surface area contributed by atoms with Crippen LogP contribution in [0.4, 0.5) is 0 Å². The summed E-state index contributed by atoms with van der Waals surface area (Å²) >= 11 is 6.46. The van der Waals surface area contributed by atoms with Crippen LogP contribution >= 0.6 is 11.6 Å². The highest BCUT2D eigenvalue weighted by Gasteiger charge is 2.07. The molecule has 1 atom stereocenters. The molecule has 0 fully saturated rings. The van der Waals surface area contributed by atoms with Crippen molar-refractivity contribution in [2.45, 2.75) is 38.5 Å². The molecule has 19 heavy (non-hydrogen) atoms. The third-order valence-corrected chi connectivity index (χ3v) is 3.94. The molecular formula is C18H21Cl. The van der Waals surface area contributed by atoms with Crippen molar-refractivity contribution >= 4 is 11.6 Å². The Morgan fingerprint density at radius 1 is 0.947 bits per heavy atom. The third-order valence-electron chi connectivity index (χ3n) is 3.57. The van der Waals surface area contributed by atoms with E-state index in [9.17, 15) is 0 Å². The molecule has 0 spiro atoms. The maximum Gasteiger partial charge on any atom is 0.0379 e. The highest BCUT2D eigenvalue weighted by Crippen LogP contribution is 2.17. The number of rotatable bonds is 5. The Morgan fingerprint density at radius 3 is 2.32 bits per heavy atom. The van der Waals surface area contributed by atoms with Crippen LogP contribution in [0.1, 0.15) is 28.7 Å². The summed E-state index contributed by atoms with van der Waals surface area (Å²) in [7, 11) is 0. The maximum absolute atomic E-state index is 6.46. The first-order chi connectivity index (χ1) is 9.15. The summed E-state index contributed by atoms with van der Waals surface area (Å²) in [5, 5.41) is 0.210. The van der Waals surface area contributed by atoms with E-state index in [1.54, 1.807) is 0 Å². The van der Waals surface area contributed by atoms with Crippen molar-refractivity contribution in [1.82, 2.24) is 0 Å². The van der Waals surface area contributed by atoms with Gasteiger partial charge in [-0.3, -0.25) is 0 Å². The highest BCUT2D eigenvalue weighted by molar-refractivity contribution is 6.20. The zero-order valence-electron chi connectivity index (χ0n) is 11.7. The Balaban J connectivity index is 1.86. The van der Waals surface area contributed by atoms with Crippen molar-refractivity contribution in [2.24, 2.45) is 0 Å². The van der Waals surface area contributed by atoms with Gasteiger partial charge in [0.1, 0.15) is 0 Å². The summed E-state index contributed by atoms with van der Waals surface area (Å²) in [4.78, 5) is 0.